The molecular weight excluding hydrogens is 278 g/mol. The van der Waals surface area contributed by atoms with Crippen molar-refractivity contribution in [3.05, 3.63) is 27.6 Å². The van der Waals surface area contributed by atoms with E-state index < -0.39 is 18.0 Å². The molecular formula is C14H15NO4S. The molecule has 1 aromatic heterocycles. The van der Waals surface area contributed by atoms with Crippen LogP contribution >= 0.6 is 11.3 Å². The van der Waals surface area contributed by atoms with E-state index in [1.54, 1.807) is 6.92 Å². The van der Waals surface area contributed by atoms with E-state index in [1.165, 1.54) is 16.2 Å². The summed E-state index contributed by atoms with van der Waals surface area (Å²) in [7, 11) is 0. The molecule has 2 aliphatic rings. The second kappa shape index (κ2) is 4.43. The van der Waals surface area contributed by atoms with Crippen LogP contribution in [0.1, 0.15) is 24.5 Å². The molecule has 0 unspecified atom stereocenters. The maximum atomic E-state index is 12.1. The molecule has 1 aromatic rings. The molecule has 0 aliphatic carbocycles. The Hall–Kier alpha value is -1.66. The number of carbonyl (C=O) groups excluding carboxylic acids is 1. The van der Waals surface area contributed by atoms with Crippen LogP contribution in [0.4, 0.5) is 0 Å². The Balaban J connectivity index is 2.05. The molecule has 20 heavy (non-hydrogen) atoms. The van der Waals surface area contributed by atoms with E-state index in [4.69, 9.17) is 0 Å². The number of aliphatic carboxylic acids is 1. The Kier molecular flexibility index (Phi) is 2.95. The SMILES string of the molecule is Cc1cscc1C1=C(C(=O)O)N2C(=O)[C@H]([C@@H](C)O)[C@H]2C1. The van der Waals surface area contributed by atoms with Crippen molar-refractivity contribution in [2.24, 2.45) is 5.92 Å². The topological polar surface area (TPSA) is 77.8 Å². The number of fused-ring (bicyclic) bond motifs is 1. The molecule has 1 fully saturated rings. The highest BCUT2D eigenvalue weighted by atomic mass is 32.1. The van der Waals surface area contributed by atoms with Gasteiger partial charge in [-0.15, -0.1) is 0 Å². The van der Waals surface area contributed by atoms with Crippen LogP contribution in [0.25, 0.3) is 5.57 Å². The predicted octanol–water partition coefficient (Wildman–Crippen LogP) is 1.46. The van der Waals surface area contributed by atoms with Gasteiger partial charge in [0.1, 0.15) is 5.70 Å². The van der Waals surface area contributed by atoms with E-state index in [9.17, 15) is 19.8 Å². The first-order valence-electron chi connectivity index (χ1n) is 6.44. The van der Waals surface area contributed by atoms with Crippen molar-refractivity contribution in [3.63, 3.8) is 0 Å². The quantitative estimate of drug-likeness (QED) is 0.827. The van der Waals surface area contributed by atoms with Crippen LogP contribution in [-0.2, 0) is 9.59 Å². The van der Waals surface area contributed by atoms with Crippen molar-refractivity contribution >= 4 is 28.8 Å². The van der Waals surface area contributed by atoms with Crippen molar-refractivity contribution in [2.75, 3.05) is 0 Å². The van der Waals surface area contributed by atoms with Crippen LogP contribution in [-0.4, -0.2) is 39.1 Å². The molecule has 5 nitrogen and oxygen atoms in total. The summed E-state index contributed by atoms with van der Waals surface area (Å²) >= 11 is 1.52. The average Bonchev–Trinajstić information content (AvgIpc) is 2.89. The zero-order valence-corrected chi connectivity index (χ0v) is 12.0. The summed E-state index contributed by atoms with van der Waals surface area (Å²) in [5.74, 6) is -1.85. The van der Waals surface area contributed by atoms with Gasteiger partial charge in [-0.1, -0.05) is 0 Å². The van der Waals surface area contributed by atoms with Gasteiger partial charge in [-0.05, 0) is 47.7 Å². The highest BCUT2D eigenvalue weighted by Gasteiger charge is 2.56. The molecule has 1 amide bonds. The number of carboxylic acids is 1. The Labute approximate surface area is 120 Å². The van der Waals surface area contributed by atoms with Gasteiger partial charge >= 0.3 is 5.97 Å². The summed E-state index contributed by atoms with van der Waals surface area (Å²) in [6.07, 6.45) is -0.248. The van der Waals surface area contributed by atoms with Crippen LogP contribution in [0.15, 0.2) is 16.5 Å². The fourth-order valence-corrected chi connectivity index (χ4v) is 4.04. The number of nitrogens with zero attached hydrogens (tertiary/aromatic N) is 1. The van der Waals surface area contributed by atoms with Gasteiger partial charge in [0.25, 0.3) is 0 Å². The highest BCUT2D eigenvalue weighted by Crippen LogP contribution is 2.47. The Morgan fingerprint density at radius 2 is 2.20 bits per heavy atom. The zero-order chi connectivity index (χ0) is 14.6. The van der Waals surface area contributed by atoms with Gasteiger partial charge in [0.2, 0.25) is 5.91 Å². The van der Waals surface area contributed by atoms with Gasteiger partial charge in [0.05, 0.1) is 18.1 Å². The summed E-state index contributed by atoms with van der Waals surface area (Å²) in [4.78, 5) is 24.9. The van der Waals surface area contributed by atoms with Crippen molar-refractivity contribution in [3.8, 4) is 0 Å². The number of aliphatic hydroxyl groups is 1. The van der Waals surface area contributed by atoms with Gasteiger partial charge in [0.15, 0.2) is 0 Å². The number of hydrogen-bond acceptors (Lipinski definition) is 4. The molecule has 0 bridgehead atoms. The monoisotopic (exact) mass is 293 g/mol. The van der Waals surface area contributed by atoms with Gasteiger partial charge in [-0.25, -0.2) is 4.79 Å². The Bertz CT molecular complexity index is 631. The summed E-state index contributed by atoms with van der Waals surface area (Å²) in [6.45, 7) is 3.51. The standard InChI is InChI=1S/C14H15NO4S/c1-6-4-20-5-9(6)8-3-10-11(7(2)16)13(17)15(10)12(8)14(18)19/h4-5,7,10-11,16H,3H2,1-2H3,(H,18,19)/t7-,10-,11-/m1/s1. The smallest absolute Gasteiger partial charge is 0.352 e. The first kappa shape index (κ1) is 13.3. The number of thiophene rings is 1. The van der Waals surface area contributed by atoms with E-state index in [2.05, 4.69) is 0 Å². The van der Waals surface area contributed by atoms with E-state index in [0.29, 0.717) is 12.0 Å². The van der Waals surface area contributed by atoms with Gasteiger partial charge in [-0.3, -0.25) is 4.79 Å². The lowest BCUT2D eigenvalue weighted by molar-refractivity contribution is -0.161. The second-order valence-electron chi connectivity index (χ2n) is 5.35. The summed E-state index contributed by atoms with van der Waals surface area (Å²) in [5.41, 5.74) is 2.71. The summed E-state index contributed by atoms with van der Waals surface area (Å²) in [5, 5.41) is 23.0. The zero-order valence-electron chi connectivity index (χ0n) is 11.2. The van der Waals surface area contributed by atoms with E-state index in [1.807, 2.05) is 17.7 Å². The lowest BCUT2D eigenvalue weighted by Crippen LogP contribution is -2.61. The van der Waals surface area contributed by atoms with Gasteiger partial charge in [0, 0.05) is 0 Å². The minimum absolute atomic E-state index is 0.0819. The molecule has 3 atom stereocenters. The molecule has 1 saturated heterocycles. The molecule has 2 aliphatic heterocycles. The summed E-state index contributed by atoms with van der Waals surface area (Å²) in [6, 6.07) is -0.220. The van der Waals surface area contributed by atoms with E-state index in [-0.39, 0.29) is 17.6 Å². The fraction of sp³-hybridized carbons (Fsp3) is 0.429. The molecule has 3 heterocycles. The molecule has 0 radical (unpaired) electrons. The molecule has 2 N–H and O–H groups in total. The largest absolute Gasteiger partial charge is 0.477 e. The van der Waals surface area contributed by atoms with Crippen molar-refractivity contribution < 1.29 is 19.8 Å². The van der Waals surface area contributed by atoms with Gasteiger partial charge < -0.3 is 15.1 Å². The molecule has 106 valence electrons. The first-order valence-corrected chi connectivity index (χ1v) is 7.38. The minimum atomic E-state index is -1.08. The van der Waals surface area contributed by atoms with Crippen LogP contribution in [0.3, 0.4) is 0 Å². The van der Waals surface area contributed by atoms with Crippen molar-refractivity contribution in [2.45, 2.75) is 32.4 Å². The van der Waals surface area contributed by atoms with Crippen molar-refractivity contribution in [1.29, 1.82) is 0 Å². The van der Waals surface area contributed by atoms with E-state index in [0.717, 1.165) is 11.1 Å². The van der Waals surface area contributed by atoms with Crippen LogP contribution in [0, 0.1) is 12.8 Å². The normalized spacial score (nSPS) is 26.6. The number of carboxylic acid groups (broad SMARTS) is 1. The third-order valence-corrected chi connectivity index (χ3v) is 4.97. The van der Waals surface area contributed by atoms with E-state index >= 15 is 0 Å². The maximum Gasteiger partial charge on any atom is 0.352 e. The molecule has 6 heteroatoms. The number of rotatable bonds is 3. The maximum absolute atomic E-state index is 12.1. The first-order chi connectivity index (χ1) is 9.43. The summed E-state index contributed by atoms with van der Waals surface area (Å²) < 4.78 is 0. The fourth-order valence-electron chi connectivity index (χ4n) is 3.18. The third kappa shape index (κ3) is 1.65. The third-order valence-electron chi connectivity index (χ3n) is 4.11. The number of hydrogen-bond donors (Lipinski definition) is 2. The highest BCUT2D eigenvalue weighted by molar-refractivity contribution is 7.08. The lowest BCUT2D eigenvalue weighted by Gasteiger charge is -2.44. The van der Waals surface area contributed by atoms with Crippen LogP contribution < -0.4 is 0 Å². The Morgan fingerprint density at radius 1 is 1.50 bits per heavy atom. The number of β-lactam (4-membered cyclic amide) rings is 1. The molecule has 0 saturated carbocycles. The number of aryl methyl sites for hydroxylation is 1. The van der Waals surface area contributed by atoms with Crippen molar-refractivity contribution in [1.82, 2.24) is 4.90 Å². The molecule has 0 spiro atoms. The van der Waals surface area contributed by atoms with Crippen LogP contribution in [0.2, 0.25) is 0 Å². The molecule has 3 rings (SSSR count). The average molecular weight is 293 g/mol. The number of aliphatic hydroxyl groups excluding tert-OH is 1. The molecule has 0 aromatic carbocycles. The van der Waals surface area contributed by atoms with Crippen LogP contribution in [0.5, 0.6) is 0 Å². The second-order valence-corrected chi connectivity index (χ2v) is 6.09. The number of amides is 1. The Morgan fingerprint density at radius 3 is 2.70 bits per heavy atom. The minimum Gasteiger partial charge on any atom is -0.477 e. The number of carbonyl (C=O) groups is 2. The lowest BCUT2D eigenvalue weighted by atomic mass is 9.82. The predicted molar refractivity (Wildman–Crippen MR) is 74.0 cm³/mol. The van der Waals surface area contributed by atoms with Gasteiger partial charge in [-0.2, -0.15) is 11.3 Å².